The van der Waals surface area contributed by atoms with Crippen molar-refractivity contribution in [2.75, 3.05) is 13.6 Å². The van der Waals surface area contributed by atoms with E-state index in [1.165, 1.54) is 5.56 Å². The molecule has 1 N–H and O–H groups in total. The average molecular weight is 260 g/mol. The molecule has 0 aliphatic heterocycles. The molecule has 0 amide bonds. The van der Waals surface area contributed by atoms with E-state index in [4.69, 9.17) is 23.2 Å². The van der Waals surface area contributed by atoms with E-state index in [9.17, 15) is 0 Å². The van der Waals surface area contributed by atoms with E-state index in [1.54, 1.807) is 0 Å². The Morgan fingerprint density at radius 1 is 1.25 bits per heavy atom. The van der Waals surface area contributed by atoms with Crippen LogP contribution in [-0.4, -0.2) is 13.6 Å². The molecule has 0 spiro atoms. The second kappa shape index (κ2) is 5.90. The molecule has 1 nitrogen and oxygen atoms in total. The van der Waals surface area contributed by atoms with Gasteiger partial charge in [-0.1, -0.05) is 43.1 Å². The zero-order valence-electron chi connectivity index (χ0n) is 10.1. The number of hydrogen-bond acceptors (Lipinski definition) is 1. The highest BCUT2D eigenvalue weighted by Crippen LogP contribution is 2.29. The zero-order chi connectivity index (χ0) is 12.2. The van der Waals surface area contributed by atoms with E-state index >= 15 is 0 Å². The molecule has 0 saturated carbocycles. The summed E-state index contributed by atoms with van der Waals surface area (Å²) >= 11 is 11.9. The third kappa shape index (κ3) is 3.65. The first kappa shape index (κ1) is 13.8. The molecule has 0 bridgehead atoms. The fraction of sp³-hybridized carbons (Fsp3) is 0.538. The van der Waals surface area contributed by atoms with Gasteiger partial charge in [-0.25, -0.2) is 0 Å². The van der Waals surface area contributed by atoms with E-state index in [1.807, 2.05) is 19.2 Å². The van der Waals surface area contributed by atoms with Gasteiger partial charge in [-0.15, -0.1) is 0 Å². The zero-order valence-corrected chi connectivity index (χ0v) is 11.6. The van der Waals surface area contributed by atoms with Gasteiger partial charge in [0, 0.05) is 6.54 Å². The lowest BCUT2D eigenvalue weighted by molar-refractivity contribution is 0.299. The molecule has 3 heteroatoms. The second-order valence-electron chi connectivity index (χ2n) is 4.62. The molecular weight excluding hydrogens is 241 g/mol. The Bertz CT molecular complexity index is 352. The minimum absolute atomic E-state index is 0.270. The normalized spacial score (nSPS) is 14.8. The quantitative estimate of drug-likeness (QED) is 0.837. The van der Waals surface area contributed by atoms with E-state index in [2.05, 4.69) is 25.2 Å². The van der Waals surface area contributed by atoms with Crippen LogP contribution in [0.4, 0.5) is 0 Å². The number of rotatable bonds is 5. The molecule has 0 aliphatic rings. The first-order valence-corrected chi connectivity index (χ1v) is 6.35. The molecule has 0 aromatic heterocycles. The summed E-state index contributed by atoms with van der Waals surface area (Å²) in [5.74, 6) is 0. The van der Waals surface area contributed by atoms with Crippen LogP contribution in [0.3, 0.4) is 0 Å². The third-order valence-electron chi connectivity index (χ3n) is 3.07. The van der Waals surface area contributed by atoms with E-state index < -0.39 is 0 Å². The Balaban J connectivity index is 2.81. The van der Waals surface area contributed by atoms with Crippen LogP contribution in [0.15, 0.2) is 18.2 Å². The SMILES string of the molecule is CCC(C)(CNC)Cc1ccc(Cl)c(Cl)c1. The lowest BCUT2D eigenvalue weighted by Crippen LogP contribution is -2.31. The summed E-state index contributed by atoms with van der Waals surface area (Å²) < 4.78 is 0. The molecular formula is C13H19Cl2N. The molecule has 1 atom stereocenters. The molecule has 1 unspecified atom stereocenters. The topological polar surface area (TPSA) is 12.0 Å². The summed E-state index contributed by atoms with van der Waals surface area (Å²) in [6.45, 7) is 5.50. The van der Waals surface area contributed by atoms with Crippen LogP contribution < -0.4 is 5.32 Å². The minimum Gasteiger partial charge on any atom is -0.319 e. The maximum Gasteiger partial charge on any atom is 0.0595 e. The van der Waals surface area contributed by atoms with Gasteiger partial charge in [0.1, 0.15) is 0 Å². The first-order chi connectivity index (χ1) is 7.50. The van der Waals surface area contributed by atoms with Crippen molar-refractivity contribution in [2.45, 2.75) is 26.7 Å². The predicted molar refractivity (Wildman–Crippen MR) is 72.5 cm³/mol. The van der Waals surface area contributed by atoms with Crippen LogP contribution >= 0.6 is 23.2 Å². The Morgan fingerprint density at radius 3 is 2.44 bits per heavy atom. The molecule has 1 aromatic carbocycles. The van der Waals surface area contributed by atoms with Crippen LogP contribution in [0.2, 0.25) is 10.0 Å². The molecule has 0 saturated heterocycles. The van der Waals surface area contributed by atoms with Crippen molar-refractivity contribution in [3.8, 4) is 0 Å². The van der Waals surface area contributed by atoms with Crippen molar-refractivity contribution in [3.05, 3.63) is 33.8 Å². The van der Waals surface area contributed by atoms with Crippen LogP contribution in [0.25, 0.3) is 0 Å². The minimum atomic E-state index is 0.270. The van der Waals surface area contributed by atoms with Crippen LogP contribution in [-0.2, 0) is 6.42 Å². The number of nitrogens with one attached hydrogen (secondary N) is 1. The largest absolute Gasteiger partial charge is 0.319 e. The van der Waals surface area contributed by atoms with Crippen LogP contribution in [0.5, 0.6) is 0 Å². The fourth-order valence-electron chi connectivity index (χ4n) is 1.88. The summed E-state index contributed by atoms with van der Waals surface area (Å²) in [7, 11) is 1.99. The van der Waals surface area contributed by atoms with Crippen molar-refractivity contribution in [1.82, 2.24) is 5.32 Å². The summed E-state index contributed by atoms with van der Waals surface area (Å²) in [6.07, 6.45) is 2.15. The monoisotopic (exact) mass is 259 g/mol. The number of hydrogen-bond donors (Lipinski definition) is 1. The number of benzene rings is 1. The van der Waals surface area contributed by atoms with Crippen molar-refractivity contribution >= 4 is 23.2 Å². The van der Waals surface area contributed by atoms with Gasteiger partial charge in [-0.2, -0.15) is 0 Å². The Morgan fingerprint density at radius 2 is 1.94 bits per heavy atom. The summed E-state index contributed by atoms with van der Waals surface area (Å²) in [6, 6.07) is 5.89. The first-order valence-electron chi connectivity index (χ1n) is 5.59. The maximum absolute atomic E-state index is 6.02. The Hall–Kier alpha value is -0.240. The molecule has 0 heterocycles. The van der Waals surface area contributed by atoms with Crippen molar-refractivity contribution < 1.29 is 0 Å². The second-order valence-corrected chi connectivity index (χ2v) is 5.43. The maximum atomic E-state index is 6.02. The molecule has 16 heavy (non-hydrogen) atoms. The molecule has 90 valence electrons. The van der Waals surface area contributed by atoms with Crippen molar-refractivity contribution in [1.29, 1.82) is 0 Å². The lowest BCUT2D eigenvalue weighted by Gasteiger charge is -2.28. The predicted octanol–water partition coefficient (Wildman–Crippen LogP) is 4.17. The highest BCUT2D eigenvalue weighted by Gasteiger charge is 2.21. The van der Waals surface area contributed by atoms with Gasteiger partial charge in [-0.3, -0.25) is 0 Å². The molecule has 0 aliphatic carbocycles. The van der Waals surface area contributed by atoms with Crippen molar-refractivity contribution in [2.24, 2.45) is 5.41 Å². The highest BCUT2D eigenvalue weighted by atomic mass is 35.5. The summed E-state index contributed by atoms with van der Waals surface area (Å²) in [4.78, 5) is 0. The van der Waals surface area contributed by atoms with Crippen LogP contribution in [0.1, 0.15) is 25.8 Å². The van der Waals surface area contributed by atoms with Gasteiger partial charge < -0.3 is 5.32 Å². The number of halogens is 2. The molecule has 0 radical (unpaired) electrons. The smallest absolute Gasteiger partial charge is 0.0595 e. The summed E-state index contributed by atoms with van der Waals surface area (Å²) in [5.41, 5.74) is 1.51. The van der Waals surface area contributed by atoms with E-state index in [0.717, 1.165) is 19.4 Å². The Labute approximate surface area is 108 Å². The standard InChI is InChI=1S/C13H19Cl2N/c1-4-13(2,9-16-3)8-10-5-6-11(14)12(15)7-10/h5-7,16H,4,8-9H2,1-3H3. The molecule has 1 rings (SSSR count). The van der Waals surface area contributed by atoms with Gasteiger partial charge in [0.25, 0.3) is 0 Å². The molecule has 0 fully saturated rings. The average Bonchev–Trinajstić information content (AvgIpc) is 2.24. The van der Waals surface area contributed by atoms with E-state index in [0.29, 0.717) is 10.0 Å². The van der Waals surface area contributed by atoms with E-state index in [-0.39, 0.29) is 5.41 Å². The Kier molecular flexibility index (Phi) is 5.10. The fourth-order valence-corrected chi connectivity index (χ4v) is 2.20. The highest BCUT2D eigenvalue weighted by molar-refractivity contribution is 6.42. The van der Waals surface area contributed by atoms with Gasteiger partial charge in [-0.05, 0) is 43.0 Å². The lowest BCUT2D eigenvalue weighted by atomic mass is 9.81. The van der Waals surface area contributed by atoms with Gasteiger partial charge in [0.15, 0.2) is 0 Å². The van der Waals surface area contributed by atoms with Crippen LogP contribution in [0, 0.1) is 5.41 Å². The van der Waals surface area contributed by atoms with Gasteiger partial charge >= 0.3 is 0 Å². The third-order valence-corrected chi connectivity index (χ3v) is 3.81. The van der Waals surface area contributed by atoms with Gasteiger partial charge in [0.2, 0.25) is 0 Å². The van der Waals surface area contributed by atoms with Crippen molar-refractivity contribution in [3.63, 3.8) is 0 Å². The van der Waals surface area contributed by atoms with Gasteiger partial charge in [0.05, 0.1) is 10.0 Å². The summed E-state index contributed by atoms with van der Waals surface area (Å²) in [5, 5.41) is 4.51. The molecule has 1 aromatic rings.